The van der Waals surface area contributed by atoms with Crippen molar-refractivity contribution in [1.29, 1.82) is 0 Å². The number of carbonyl (C=O) groups is 1. The van der Waals surface area contributed by atoms with E-state index in [1.54, 1.807) is 0 Å². The zero-order chi connectivity index (χ0) is 20.3. The van der Waals surface area contributed by atoms with E-state index >= 15 is 0 Å². The molecule has 0 bridgehead atoms. The van der Waals surface area contributed by atoms with Crippen molar-refractivity contribution in [3.63, 3.8) is 0 Å². The van der Waals surface area contributed by atoms with Crippen molar-refractivity contribution in [2.45, 2.75) is 4.90 Å². The van der Waals surface area contributed by atoms with Crippen LogP contribution in [0.5, 0.6) is 5.75 Å². The van der Waals surface area contributed by atoms with Gasteiger partial charge in [-0.2, -0.15) is 4.31 Å². The number of rotatable bonds is 5. The summed E-state index contributed by atoms with van der Waals surface area (Å²) in [5.41, 5.74) is 0. The van der Waals surface area contributed by atoms with Crippen LogP contribution in [0.1, 0.15) is 0 Å². The van der Waals surface area contributed by atoms with Gasteiger partial charge < -0.3 is 9.64 Å². The van der Waals surface area contributed by atoms with Crippen molar-refractivity contribution in [2.24, 2.45) is 0 Å². The Morgan fingerprint density at radius 1 is 1.00 bits per heavy atom. The van der Waals surface area contributed by atoms with Gasteiger partial charge in [0.1, 0.15) is 5.75 Å². The number of carbonyl (C=O) groups excluding carboxylic acids is 1. The number of benzene rings is 2. The van der Waals surface area contributed by atoms with E-state index in [-0.39, 0.29) is 49.3 Å². The van der Waals surface area contributed by atoms with Crippen LogP contribution < -0.4 is 4.74 Å². The lowest BCUT2D eigenvalue weighted by Crippen LogP contribution is -2.51. The second-order valence-corrected chi connectivity index (χ2v) is 8.48. The number of sulfonamides is 1. The lowest BCUT2D eigenvalue weighted by Gasteiger charge is -2.34. The quantitative estimate of drug-likeness (QED) is 0.731. The molecule has 1 aliphatic rings. The molecule has 1 aliphatic heterocycles. The fourth-order valence-electron chi connectivity index (χ4n) is 2.74. The van der Waals surface area contributed by atoms with Crippen LogP contribution in [0.15, 0.2) is 47.4 Å². The van der Waals surface area contributed by atoms with Crippen LogP contribution >= 0.6 is 11.6 Å². The Morgan fingerprint density at radius 2 is 1.64 bits per heavy atom. The number of amides is 1. The first kappa shape index (κ1) is 20.5. The fraction of sp³-hybridized carbons (Fsp3) is 0.278. The largest absolute Gasteiger partial charge is 0.484 e. The summed E-state index contributed by atoms with van der Waals surface area (Å²) in [7, 11) is -3.66. The van der Waals surface area contributed by atoms with Crippen molar-refractivity contribution in [3.05, 3.63) is 59.1 Å². The van der Waals surface area contributed by atoms with Gasteiger partial charge in [0.2, 0.25) is 10.0 Å². The SMILES string of the molecule is O=C(COc1ccc(F)c(F)c1)N1CCN(S(=O)(=O)c2ccc(Cl)cc2)CC1. The molecule has 1 fully saturated rings. The molecule has 0 aliphatic carbocycles. The van der Waals surface area contributed by atoms with Gasteiger partial charge in [-0.25, -0.2) is 17.2 Å². The zero-order valence-corrected chi connectivity index (χ0v) is 16.2. The van der Waals surface area contributed by atoms with Crippen molar-refractivity contribution < 1.29 is 26.7 Å². The molecule has 0 spiro atoms. The average Bonchev–Trinajstić information content (AvgIpc) is 2.69. The summed E-state index contributed by atoms with van der Waals surface area (Å²) < 4.78 is 57.8. The van der Waals surface area contributed by atoms with Gasteiger partial charge in [0.05, 0.1) is 4.90 Å². The summed E-state index contributed by atoms with van der Waals surface area (Å²) in [5.74, 6) is -2.40. The predicted octanol–water partition coefficient (Wildman–Crippen LogP) is 2.53. The zero-order valence-electron chi connectivity index (χ0n) is 14.6. The lowest BCUT2D eigenvalue weighted by molar-refractivity contribution is -0.134. The Labute approximate surface area is 166 Å². The van der Waals surface area contributed by atoms with Crippen LogP contribution in [0.2, 0.25) is 5.02 Å². The first-order chi connectivity index (χ1) is 13.3. The summed E-state index contributed by atoms with van der Waals surface area (Å²) in [6.45, 7) is 0.332. The molecular formula is C18H17ClF2N2O4S. The lowest BCUT2D eigenvalue weighted by atomic mass is 10.3. The van der Waals surface area contributed by atoms with Gasteiger partial charge in [-0.1, -0.05) is 11.6 Å². The number of piperazine rings is 1. The van der Waals surface area contributed by atoms with Crippen molar-refractivity contribution >= 4 is 27.5 Å². The maximum atomic E-state index is 13.2. The number of halogens is 3. The molecule has 0 aromatic heterocycles. The number of hydrogen-bond donors (Lipinski definition) is 0. The Hall–Kier alpha value is -2.23. The maximum absolute atomic E-state index is 13.2. The van der Waals surface area contributed by atoms with E-state index in [1.807, 2.05) is 0 Å². The van der Waals surface area contributed by atoms with Crippen LogP contribution in [0, 0.1) is 11.6 Å². The molecule has 1 saturated heterocycles. The minimum atomic E-state index is -3.66. The highest BCUT2D eigenvalue weighted by Crippen LogP contribution is 2.20. The monoisotopic (exact) mass is 430 g/mol. The molecule has 28 heavy (non-hydrogen) atoms. The highest BCUT2D eigenvalue weighted by molar-refractivity contribution is 7.89. The van der Waals surface area contributed by atoms with Crippen molar-refractivity contribution in [2.75, 3.05) is 32.8 Å². The third-order valence-electron chi connectivity index (χ3n) is 4.30. The van der Waals surface area contributed by atoms with Gasteiger partial charge in [0, 0.05) is 37.3 Å². The van der Waals surface area contributed by atoms with E-state index in [1.165, 1.54) is 39.5 Å². The minimum Gasteiger partial charge on any atom is -0.484 e. The third kappa shape index (κ3) is 4.60. The van der Waals surface area contributed by atoms with Gasteiger partial charge in [-0.3, -0.25) is 4.79 Å². The molecule has 150 valence electrons. The Balaban J connectivity index is 1.55. The van der Waals surface area contributed by atoms with E-state index in [0.717, 1.165) is 12.1 Å². The van der Waals surface area contributed by atoms with Gasteiger partial charge in [-0.15, -0.1) is 0 Å². The summed E-state index contributed by atoms with van der Waals surface area (Å²) in [4.78, 5) is 13.8. The second kappa shape index (κ2) is 8.42. The Bertz CT molecular complexity index is 962. The van der Waals surface area contributed by atoms with E-state index < -0.39 is 21.7 Å². The smallest absolute Gasteiger partial charge is 0.260 e. The average molecular weight is 431 g/mol. The molecule has 1 heterocycles. The van der Waals surface area contributed by atoms with Crippen LogP contribution in [-0.2, 0) is 14.8 Å². The number of ether oxygens (including phenoxy) is 1. The van der Waals surface area contributed by atoms with E-state index in [9.17, 15) is 22.0 Å². The standard InChI is InChI=1S/C18H17ClF2N2O4S/c19-13-1-4-15(5-2-13)28(25,26)23-9-7-22(8-10-23)18(24)12-27-14-3-6-16(20)17(21)11-14/h1-6,11H,7-10,12H2. The van der Waals surface area contributed by atoms with Crippen molar-refractivity contribution in [3.8, 4) is 5.75 Å². The number of hydrogen-bond acceptors (Lipinski definition) is 4. The van der Waals surface area contributed by atoms with Crippen LogP contribution in [0.3, 0.4) is 0 Å². The first-order valence-corrected chi connectivity index (χ1v) is 10.2. The highest BCUT2D eigenvalue weighted by Gasteiger charge is 2.30. The molecule has 6 nitrogen and oxygen atoms in total. The predicted molar refractivity (Wildman–Crippen MR) is 98.6 cm³/mol. The molecule has 10 heteroatoms. The Kier molecular flexibility index (Phi) is 6.17. The molecule has 3 rings (SSSR count). The van der Waals surface area contributed by atoms with Crippen LogP contribution in [0.4, 0.5) is 8.78 Å². The summed E-state index contributed by atoms with van der Waals surface area (Å²) >= 11 is 5.79. The first-order valence-electron chi connectivity index (χ1n) is 8.39. The highest BCUT2D eigenvalue weighted by atomic mass is 35.5. The minimum absolute atomic E-state index is 0.0382. The van der Waals surface area contributed by atoms with Crippen LogP contribution in [0.25, 0.3) is 0 Å². The van der Waals surface area contributed by atoms with Crippen molar-refractivity contribution in [1.82, 2.24) is 9.21 Å². The topological polar surface area (TPSA) is 66.9 Å². The second-order valence-electron chi connectivity index (χ2n) is 6.10. The molecule has 0 radical (unpaired) electrons. The molecule has 2 aromatic rings. The number of nitrogens with zero attached hydrogens (tertiary/aromatic N) is 2. The van der Waals surface area contributed by atoms with E-state index in [4.69, 9.17) is 16.3 Å². The summed E-state index contributed by atoms with van der Waals surface area (Å²) in [6.07, 6.45) is 0. The van der Waals surface area contributed by atoms with E-state index in [0.29, 0.717) is 5.02 Å². The molecule has 0 atom stereocenters. The Morgan fingerprint density at radius 3 is 2.25 bits per heavy atom. The fourth-order valence-corrected chi connectivity index (χ4v) is 4.28. The third-order valence-corrected chi connectivity index (χ3v) is 6.46. The molecular weight excluding hydrogens is 414 g/mol. The molecule has 0 saturated carbocycles. The van der Waals surface area contributed by atoms with E-state index in [2.05, 4.69) is 0 Å². The van der Waals surface area contributed by atoms with Gasteiger partial charge >= 0.3 is 0 Å². The normalized spacial score (nSPS) is 15.5. The van der Waals surface area contributed by atoms with Gasteiger partial charge in [0.15, 0.2) is 18.2 Å². The van der Waals surface area contributed by atoms with Crippen LogP contribution in [-0.4, -0.2) is 56.3 Å². The maximum Gasteiger partial charge on any atom is 0.260 e. The summed E-state index contributed by atoms with van der Waals surface area (Å²) in [5, 5.41) is 0.440. The molecule has 1 amide bonds. The molecule has 0 unspecified atom stereocenters. The van der Waals surface area contributed by atoms with Gasteiger partial charge in [-0.05, 0) is 36.4 Å². The summed E-state index contributed by atoms with van der Waals surface area (Å²) in [6, 6.07) is 8.88. The molecule has 2 aromatic carbocycles. The van der Waals surface area contributed by atoms with Gasteiger partial charge in [0.25, 0.3) is 5.91 Å². The molecule has 0 N–H and O–H groups in total.